The fourth-order valence-corrected chi connectivity index (χ4v) is 3.31. The third-order valence-corrected chi connectivity index (χ3v) is 4.75. The monoisotopic (exact) mass is 424 g/mol. The maximum absolute atomic E-state index is 12.5. The number of alkyl halides is 1. The highest BCUT2D eigenvalue weighted by Crippen LogP contribution is 2.39. The molecule has 1 unspecified atom stereocenters. The highest BCUT2D eigenvalue weighted by molar-refractivity contribution is 9.11. The lowest BCUT2D eigenvalue weighted by Gasteiger charge is -2.30. The van der Waals surface area contributed by atoms with Gasteiger partial charge in [0.25, 0.3) is 0 Å². The molecule has 0 N–H and O–H groups in total. The zero-order valence-corrected chi connectivity index (χ0v) is 15.4. The molecule has 4 heteroatoms. The van der Waals surface area contributed by atoms with E-state index in [0.29, 0.717) is 13.0 Å². The van der Waals surface area contributed by atoms with Crippen LogP contribution in [0.1, 0.15) is 18.4 Å². The number of halogens is 2. The molecule has 0 heterocycles. The average Bonchev–Trinajstić information content (AvgIpc) is 2.55. The van der Waals surface area contributed by atoms with Crippen molar-refractivity contribution in [3.8, 4) is 5.75 Å². The molecule has 0 spiro atoms. The molecule has 0 bridgehead atoms. The van der Waals surface area contributed by atoms with E-state index >= 15 is 0 Å². The summed E-state index contributed by atoms with van der Waals surface area (Å²) in [6.45, 7) is 4.33. The summed E-state index contributed by atoms with van der Waals surface area (Å²) in [5.41, 5.74) is 0.274. The average molecular weight is 426 g/mol. The minimum atomic E-state index is -0.677. The number of carbonyl (C=O) groups is 1. The first kappa shape index (κ1) is 17.2. The van der Waals surface area contributed by atoms with Crippen LogP contribution in [0.3, 0.4) is 0 Å². The summed E-state index contributed by atoms with van der Waals surface area (Å²) in [5.74, 6) is 0.821. The van der Waals surface area contributed by atoms with E-state index in [4.69, 9.17) is 4.74 Å². The maximum Gasteiger partial charge on any atom is 0.169 e. The van der Waals surface area contributed by atoms with Crippen LogP contribution in [0.15, 0.2) is 59.6 Å². The minimum absolute atomic E-state index is 0.00163. The Labute approximate surface area is 148 Å². The number of allylic oxidation sites excluding steroid dienone is 5. The molecule has 0 radical (unpaired) electrons. The molecule has 0 saturated heterocycles. The Morgan fingerprint density at radius 1 is 1.36 bits per heavy atom. The van der Waals surface area contributed by atoms with Gasteiger partial charge in [0.2, 0.25) is 0 Å². The second-order valence-corrected chi connectivity index (χ2v) is 6.92. The Hall–Kier alpha value is -1.13. The molecule has 2 nitrogen and oxygen atoms in total. The summed E-state index contributed by atoms with van der Waals surface area (Å²) in [6.07, 6.45) is 8.79. The van der Waals surface area contributed by atoms with Crippen molar-refractivity contribution in [2.24, 2.45) is 0 Å². The van der Waals surface area contributed by atoms with E-state index in [1.807, 2.05) is 42.5 Å². The van der Waals surface area contributed by atoms with Crippen molar-refractivity contribution in [3.05, 3.63) is 65.2 Å². The van der Waals surface area contributed by atoms with Crippen LogP contribution < -0.4 is 4.74 Å². The standard InChI is InChI=1S/C18H18Br2O2/c1-2-17(21)18(10-3-5-15(20)13-18)14-6-8-16(9-7-14)22-12-4-11-19/h2-3,5-10H,1,4,11-13H2. The van der Waals surface area contributed by atoms with Crippen LogP contribution in [0, 0.1) is 0 Å². The number of hydrogen-bond donors (Lipinski definition) is 0. The maximum atomic E-state index is 12.5. The van der Waals surface area contributed by atoms with Crippen molar-refractivity contribution in [1.29, 1.82) is 0 Å². The molecule has 116 valence electrons. The van der Waals surface area contributed by atoms with Gasteiger partial charge in [-0.15, -0.1) is 0 Å². The first-order valence-corrected chi connectivity index (χ1v) is 9.04. The minimum Gasteiger partial charge on any atom is -0.494 e. The Morgan fingerprint density at radius 3 is 2.68 bits per heavy atom. The predicted octanol–water partition coefficient (Wildman–Crippen LogP) is 5.08. The third-order valence-electron chi connectivity index (χ3n) is 3.65. The summed E-state index contributed by atoms with van der Waals surface area (Å²) in [7, 11) is 0. The molecular weight excluding hydrogens is 408 g/mol. The second kappa shape index (κ2) is 7.93. The summed E-state index contributed by atoms with van der Waals surface area (Å²) in [6, 6.07) is 7.76. The summed E-state index contributed by atoms with van der Waals surface area (Å²) >= 11 is 6.89. The van der Waals surface area contributed by atoms with Crippen LogP contribution in [0.25, 0.3) is 0 Å². The highest BCUT2D eigenvalue weighted by Gasteiger charge is 2.37. The number of carbonyl (C=O) groups excluding carboxylic acids is 1. The molecule has 1 atom stereocenters. The second-order valence-electron chi connectivity index (χ2n) is 5.10. The normalized spacial score (nSPS) is 20.4. The molecular formula is C18H18Br2O2. The van der Waals surface area contributed by atoms with Gasteiger partial charge >= 0.3 is 0 Å². The Balaban J connectivity index is 2.26. The van der Waals surface area contributed by atoms with Gasteiger partial charge in [-0.2, -0.15) is 0 Å². The topological polar surface area (TPSA) is 26.3 Å². The number of ketones is 1. The summed E-state index contributed by atoms with van der Waals surface area (Å²) < 4.78 is 6.66. The molecule has 22 heavy (non-hydrogen) atoms. The van der Waals surface area contributed by atoms with Gasteiger partial charge in [-0.3, -0.25) is 4.79 Å². The lowest BCUT2D eigenvalue weighted by molar-refractivity contribution is -0.118. The first-order chi connectivity index (χ1) is 10.6. The quantitative estimate of drug-likeness (QED) is 0.345. The zero-order valence-electron chi connectivity index (χ0n) is 12.2. The Morgan fingerprint density at radius 2 is 2.09 bits per heavy atom. The molecule has 0 fully saturated rings. The molecule has 1 aromatic carbocycles. The van der Waals surface area contributed by atoms with Gasteiger partial charge in [0.05, 0.1) is 12.0 Å². The fraction of sp³-hybridized carbons (Fsp3) is 0.278. The van der Waals surface area contributed by atoms with Crippen LogP contribution in [-0.4, -0.2) is 17.7 Å². The van der Waals surface area contributed by atoms with E-state index < -0.39 is 5.41 Å². The molecule has 2 rings (SSSR count). The Bertz CT molecular complexity index is 602. The van der Waals surface area contributed by atoms with Gasteiger partial charge in [-0.25, -0.2) is 0 Å². The van der Waals surface area contributed by atoms with E-state index in [-0.39, 0.29) is 5.78 Å². The van der Waals surface area contributed by atoms with Crippen molar-refractivity contribution in [1.82, 2.24) is 0 Å². The molecule has 1 aliphatic carbocycles. The molecule has 1 aromatic rings. The zero-order chi connectivity index (χ0) is 16.0. The smallest absolute Gasteiger partial charge is 0.169 e. The van der Waals surface area contributed by atoms with Crippen molar-refractivity contribution in [2.45, 2.75) is 18.3 Å². The molecule has 1 aliphatic rings. The van der Waals surface area contributed by atoms with E-state index in [1.165, 1.54) is 6.08 Å². The van der Waals surface area contributed by atoms with Gasteiger partial charge in [-0.05, 0) is 41.1 Å². The van der Waals surface area contributed by atoms with Gasteiger partial charge in [-0.1, -0.05) is 68.8 Å². The van der Waals surface area contributed by atoms with E-state index in [2.05, 4.69) is 38.4 Å². The van der Waals surface area contributed by atoms with Gasteiger partial charge in [0.1, 0.15) is 5.75 Å². The fourth-order valence-electron chi connectivity index (χ4n) is 2.49. The molecule has 0 amide bonds. The third kappa shape index (κ3) is 3.79. The number of ether oxygens (including phenoxy) is 1. The van der Waals surface area contributed by atoms with Crippen molar-refractivity contribution in [3.63, 3.8) is 0 Å². The summed E-state index contributed by atoms with van der Waals surface area (Å²) in [4.78, 5) is 12.5. The van der Waals surface area contributed by atoms with E-state index in [9.17, 15) is 4.79 Å². The van der Waals surface area contributed by atoms with Gasteiger partial charge in [0.15, 0.2) is 5.78 Å². The molecule has 0 aliphatic heterocycles. The van der Waals surface area contributed by atoms with E-state index in [1.54, 1.807) is 0 Å². The van der Waals surface area contributed by atoms with Gasteiger partial charge in [0, 0.05) is 5.33 Å². The summed E-state index contributed by atoms with van der Waals surface area (Å²) in [5, 5.41) is 0.924. The predicted molar refractivity (Wildman–Crippen MR) is 98.0 cm³/mol. The number of benzene rings is 1. The lowest BCUT2D eigenvalue weighted by atomic mass is 9.72. The van der Waals surface area contributed by atoms with Crippen LogP contribution in [0.2, 0.25) is 0 Å². The SMILES string of the molecule is C=CC(=O)C1(c2ccc(OCCCBr)cc2)C=CC=C(Br)C1. The molecule has 0 aromatic heterocycles. The van der Waals surface area contributed by atoms with Crippen LogP contribution in [0.4, 0.5) is 0 Å². The van der Waals surface area contributed by atoms with Crippen LogP contribution in [0.5, 0.6) is 5.75 Å². The first-order valence-electron chi connectivity index (χ1n) is 7.12. The number of rotatable bonds is 7. The largest absolute Gasteiger partial charge is 0.494 e. The lowest BCUT2D eigenvalue weighted by Crippen LogP contribution is -2.33. The van der Waals surface area contributed by atoms with Crippen LogP contribution >= 0.6 is 31.9 Å². The van der Waals surface area contributed by atoms with Crippen molar-refractivity contribution < 1.29 is 9.53 Å². The van der Waals surface area contributed by atoms with Crippen molar-refractivity contribution >= 4 is 37.6 Å². The van der Waals surface area contributed by atoms with Crippen molar-refractivity contribution in [2.75, 3.05) is 11.9 Å². The number of hydrogen-bond acceptors (Lipinski definition) is 2. The Kier molecular flexibility index (Phi) is 6.21. The molecule has 0 saturated carbocycles. The highest BCUT2D eigenvalue weighted by atomic mass is 79.9. The van der Waals surface area contributed by atoms with Gasteiger partial charge < -0.3 is 4.74 Å². The van der Waals surface area contributed by atoms with Crippen LogP contribution in [-0.2, 0) is 10.2 Å². The van der Waals surface area contributed by atoms with E-state index in [0.717, 1.165) is 27.5 Å².